The Bertz CT molecular complexity index is 1000. The number of piperidine rings is 1. The minimum atomic E-state index is -3.16. The average molecular weight is 447 g/mol. The number of hydrazone groups is 1. The lowest BCUT2D eigenvalue weighted by Gasteiger charge is -2.33. The molecule has 0 radical (unpaired) electrons. The molecule has 0 unspecified atom stereocenters. The first-order valence-electron chi connectivity index (χ1n) is 10.6. The molecule has 3 amide bonds. The minimum absolute atomic E-state index is 0.0405. The summed E-state index contributed by atoms with van der Waals surface area (Å²) < 4.78 is 23.5. The van der Waals surface area contributed by atoms with Crippen molar-refractivity contribution in [3.05, 3.63) is 30.3 Å². The number of nitrogens with one attached hydrogen (secondary N) is 1. The molecule has 2 fully saturated rings. The third kappa shape index (κ3) is 4.95. The Kier molecular flexibility index (Phi) is 6.08. The summed E-state index contributed by atoms with van der Waals surface area (Å²) in [5.41, 5.74) is 1.04. The van der Waals surface area contributed by atoms with E-state index in [0.29, 0.717) is 32.4 Å². The van der Waals surface area contributed by atoms with Gasteiger partial charge in [-0.1, -0.05) is 18.2 Å². The Morgan fingerprint density at radius 3 is 2.39 bits per heavy atom. The summed E-state index contributed by atoms with van der Waals surface area (Å²) in [5, 5.41) is 8.38. The van der Waals surface area contributed by atoms with Crippen molar-refractivity contribution in [2.45, 2.75) is 38.1 Å². The minimum Gasteiger partial charge on any atom is -0.337 e. The number of hydrogen-bond donors (Lipinski definition) is 1. The molecule has 3 aliphatic rings. The number of likely N-dealkylation sites (tertiary alicyclic amines) is 1. The summed E-state index contributed by atoms with van der Waals surface area (Å²) in [6.45, 7) is 0.882. The highest BCUT2D eigenvalue weighted by atomic mass is 32.2. The van der Waals surface area contributed by atoms with E-state index in [1.807, 2.05) is 30.3 Å². The first-order chi connectivity index (χ1) is 14.8. The maximum Gasteiger partial charge on any atom is 0.270 e. The molecule has 3 aliphatic heterocycles. The first kappa shape index (κ1) is 21.5. The molecule has 166 valence electrons. The first-order valence-corrected chi connectivity index (χ1v) is 12.4. The Morgan fingerprint density at radius 2 is 1.74 bits per heavy atom. The third-order valence-corrected chi connectivity index (χ3v) is 7.81. The van der Waals surface area contributed by atoms with Crippen LogP contribution in [0.3, 0.4) is 0 Å². The molecule has 10 heteroatoms. The van der Waals surface area contributed by atoms with E-state index < -0.39 is 15.9 Å². The lowest BCUT2D eigenvalue weighted by Crippen LogP contribution is -2.47. The molecule has 0 spiro atoms. The van der Waals surface area contributed by atoms with Crippen molar-refractivity contribution in [2.24, 2.45) is 11.0 Å². The van der Waals surface area contributed by atoms with Crippen LogP contribution in [0.1, 0.15) is 32.1 Å². The molecule has 0 saturated carbocycles. The van der Waals surface area contributed by atoms with E-state index in [1.165, 1.54) is 5.01 Å². The van der Waals surface area contributed by atoms with Crippen LogP contribution in [-0.2, 0) is 24.2 Å². The number of benzene rings is 1. The van der Waals surface area contributed by atoms with E-state index in [1.54, 1.807) is 4.90 Å². The molecule has 1 N–H and O–H groups in total. The van der Waals surface area contributed by atoms with Gasteiger partial charge < -0.3 is 10.2 Å². The fourth-order valence-electron chi connectivity index (χ4n) is 4.27. The second-order valence-electron chi connectivity index (χ2n) is 8.26. The molecule has 3 heterocycles. The predicted molar refractivity (Wildman–Crippen MR) is 115 cm³/mol. The Morgan fingerprint density at radius 1 is 1.03 bits per heavy atom. The van der Waals surface area contributed by atoms with Gasteiger partial charge in [0.1, 0.15) is 5.71 Å². The molecule has 31 heavy (non-hydrogen) atoms. The number of sulfone groups is 1. The van der Waals surface area contributed by atoms with Crippen molar-refractivity contribution >= 4 is 39.0 Å². The number of hydrogen-bond acceptors (Lipinski definition) is 6. The Balaban J connectivity index is 1.35. The van der Waals surface area contributed by atoms with Crippen LogP contribution in [0.4, 0.5) is 5.69 Å². The van der Waals surface area contributed by atoms with E-state index >= 15 is 0 Å². The zero-order chi connectivity index (χ0) is 22.0. The quantitative estimate of drug-likeness (QED) is 0.742. The smallest absolute Gasteiger partial charge is 0.270 e. The zero-order valence-corrected chi connectivity index (χ0v) is 18.0. The molecule has 2 saturated heterocycles. The largest absolute Gasteiger partial charge is 0.337 e. The van der Waals surface area contributed by atoms with E-state index in [9.17, 15) is 22.8 Å². The van der Waals surface area contributed by atoms with Crippen molar-refractivity contribution in [3.63, 3.8) is 0 Å². The van der Waals surface area contributed by atoms with Crippen molar-refractivity contribution in [2.75, 3.05) is 29.9 Å². The zero-order valence-electron chi connectivity index (χ0n) is 17.2. The van der Waals surface area contributed by atoms with Crippen LogP contribution in [0.15, 0.2) is 35.4 Å². The normalized spacial score (nSPS) is 24.1. The molecular weight excluding hydrogens is 420 g/mol. The highest BCUT2D eigenvalue weighted by molar-refractivity contribution is 7.91. The highest BCUT2D eigenvalue weighted by Crippen LogP contribution is 2.24. The molecule has 9 nitrogen and oxygen atoms in total. The standard InChI is InChI=1S/C21H26N4O5S/c26-19-7-6-18(23-25(19)17-10-13-31(29,30)14-17)21(28)24-11-8-15(9-12-24)20(27)22-16-4-2-1-3-5-16/h1-5,15,17H,6-14H2,(H,22,27)/t17-/m0/s1. The van der Waals surface area contributed by atoms with Gasteiger partial charge in [-0.25, -0.2) is 13.4 Å². The van der Waals surface area contributed by atoms with Gasteiger partial charge in [-0.3, -0.25) is 14.4 Å². The van der Waals surface area contributed by atoms with Gasteiger partial charge >= 0.3 is 0 Å². The number of carbonyl (C=O) groups excluding carboxylic acids is 3. The fourth-order valence-corrected chi connectivity index (χ4v) is 5.96. The van der Waals surface area contributed by atoms with Crippen molar-refractivity contribution in [1.82, 2.24) is 9.91 Å². The van der Waals surface area contributed by atoms with E-state index in [-0.39, 0.29) is 53.7 Å². The van der Waals surface area contributed by atoms with Gasteiger partial charge in [-0.05, 0) is 31.4 Å². The van der Waals surface area contributed by atoms with Gasteiger partial charge in [-0.15, -0.1) is 0 Å². The summed E-state index contributed by atoms with van der Waals surface area (Å²) in [6.07, 6.45) is 1.86. The van der Waals surface area contributed by atoms with Crippen LogP contribution in [0.2, 0.25) is 0 Å². The van der Waals surface area contributed by atoms with Crippen molar-refractivity contribution < 1.29 is 22.8 Å². The van der Waals surface area contributed by atoms with E-state index in [2.05, 4.69) is 10.4 Å². The highest BCUT2D eigenvalue weighted by Gasteiger charge is 2.38. The van der Waals surface area contributed by atoms with Gasteiger partial charge in [0, 0.05) is 37.5 Å². The van der Waals surface area contributed by atoms with Crippen LogP contribution >= 0.6 is 0 Å². The Labute approximate surface area is 181 Å². The summed E-state index contributed by atoms with van der Waals surface area (Å²) in [4.78, 5) is 39.4. The number of anilines is 1. The van der Waals surface area contributed by atoms with Gasteiger partial charge in [-0.2, -0.15) is 5.10 Å². The Hall–Kier alpha value is -2.75. The summed E-state index contributed by atoms with van der Waals surface area (Å²) >= 11 is 0. The maximum absolute atomic E-state index is 13.0. The monoisotopic (exact) mass is 446 g/mol. The summed E-state index contributed by atoms with van der Waals surface area (Å²) in [7, 11) is -3.16. The lowest BCUT2D eigenvalue weighted by molar-refractivity contribution is -0.134. The molecule has 4 rings (SSSR count). The average Bonchev–Trinajstić information content (AvgIpc) is 3.14. The molecule has 1 aromatic rings. The predicted octanol–water partition coefficient (Wildman–Crippen LogP) is 1.03. The summed E-state index contributed by atoms with van der Waals surface area (Å²) in [6, 6.07) is 8.77. The topological polar surface area (TPSA) is 116 Å². The molecule has 0 bridgehead atoms. The van der Waals surface area contributed by atoms with Crippen LogP contribution < -0.4 is 5.32 Å². The third-order valence-electron chi connectivity index (χ3n) is 6.06. The van der Waals surface area contributed by atoms with Gasteiger partial charge in [0.15, 0.2) is 9.84 Å². The number of amides is 3. The van der Waals surface area contributed by atoms with Crippen LogP contribution in [-0.4, -0.2) is 72.4 Å². The molecular formula is C21H26N4O5S. The number of rotatable bonds is 4. The van der Waals surface area contributed by atoms with E-state index in [0.717, 1.165) is 5.69 Å². The van der Waals surface area contributed by atoms with Crippen molar-refractivity contribution in [1.29, 1.82) is 0 Å². The van der Waals surface area contributed by atoms with Crippen LogP contribution in [0, 0.1) is 5.92 Å². The van der Waals surface area contributed by atoms with Crippen LogP contribution in [0.5, 0.6) is 0 Å². The molecule has 1 atom stereocenters. The van der Waals surface area contributed by atoms with Crippen molar-refractivity contribution in [3.8, 4) is 0 Å². The van der Waals surface area contributed by atoms with Crippen LogP contribution in [0.25, 0.3) is 0 Å². The summed E-state index contributed by atoms with van der Waals surface area (Å²) in [5.74, 6) is -0.758. The van der Waals surface area contributed by atoms with Gasteiger partial charge in [0.25, 0.3) is 5.91 Å². The molecule has 0 aromatic heterocycles. The second-order valence-corrected chi connectivity index (χ2v) is 10.5. The lowest BCUT2D eigenvalue weighted by atomic mass is 9.95. The number of carbonyl (C=O) groups is 3. The van der Waals surface area contributed by atoms with Gasteiger partial charge in [0.05, 0.1) is 17.5 Å². The van der Waals surface area contributed by atoms with Gasteiger partial charge in [0.2, 0.25) is 11.8 Å². The maximum atomic E-state index is 13.0. The second kappa shape index (κ2) is 8.78. The molecule has 0 aliphatic carbocycles. The fraction of sp³-hybridized carbons (Fsp3) is 0.524. The van der Waals surface area contributed by atoms with E-state index in [4.69, 9.17) is 0 Å². The molecule has 1 aromatic carbocycles. The SMILES string of the molecule is O=C(Nc1ccccc1)C1CCN(C(=O)C2=NN([C@H]3CCS(=O)(=O)C3)C(=O)CC2)CC1. The number of nitrogens with zero attached hydrogens (tertiary/aromatic N) is 3. The number of para-hydroxylation sites is 1.